The molecule has 0 radical (unpaired) electrons. The van der Waals surface area contributed by atoms with Crippen molar-refractivity contribution in [3.8, 4) is 0 Å². The van der Waals surface area contributed by atoms with E-state index >= 15 is 0 Å². The lowest BCUT2D eigenvalue weighted by atomic mass is 10.1. The van der Waals surface area contributed by atoms with E-state index in [2.05, 4.69) is 43.1 Å². The van der Waals surface area contributed by atoms with Gasteiger partial charge in [0.1, 0.15) is 0 Å². The van der Waals surface area contributed by atoms with E-state index in [0.717, 1.165) is 11.9 Å². The Morgan fingerprint density at radius 1 is 1.13 bits per heavy atom. The van der Waals surface area contributed by atoms with Crippen molar-refractivity contribution in [2.24, 2.45) is 0 Å². The minimum Gasteiger partial charge on any atom is -0.256 e. The lowest BCUT2D eigenvalue weighted by Gasteiger charge is -2.00. The monoisotopic (exact) mass is 201 g/mol. The molecule has 1 heteroatoms. The van der Waals surface area contributed by atoms with Crippen LogP contribution in [0.3, 0.4) is 0 Å². The minimum absolute atomic E-state index is 1.05. The fourth-order valence-corrected chi connectivity index (χ4v) is 1.49. The fraction of sp³-hybridized carbons (Fsp3) is 0.357. The van der Waals surface area contributed by atoms with Crippen LogP contribution in [0.4, 0.5) is 0 Å². The van der Waals surface area contributed by atoms with Gasteiger partial charge in [-0.25, -0.2) is 0 Å². The Morgan fingerprint density at radius 2 is 1.87 bits per heavy atom. The van der Waals surface area contributed by atoms with E-state index in [0.29, 0.717) is 0 Å². The number of aromatic nitrogens is 1. The first kappa shape index (κ1) is 11.7. The Labute approximate surface area is 92.2 Å². The van der Waals surface area contributed by atoms with Gasteiger partial charge in [0, 0.05) is 11.6 Å². The molecule has 0 fully saturated rings. The highest BCUT2D eigenvalue weighted by Gasteiger charge is 1.96. The summed E-state index contributed by atoms with van der Waals surface area (Å²) in [5.74, 6) is 0. The van der Waals surface area contributed by atoms with Crippen molar-refractivity contribution < 1.29 is 0 Å². The highest BCUT2D eigenvalue weighted by atomic mass is 14.6. The van der Waals surface area contributed by atoms with Gasteiger partial charge in [-0.3, -0.25) is 4.98 Å². The molecule has 0 aliphatic rings. The molecule has 0 saturated carbocycles. The van der Waals surface area contributed by atoms with Gasteiger partial charge in [0.15, 0.2) is 0 Å². The summed E-state index contributed by atoms with van der Waals surface area (Å²) in [6, 6.07) is 8.57. The van der Waals surface area contributed by atoms with Crippen LogP contribution >= 0.6 is 0 Å². The van der Waals surface area contributed by atoms with Crippen LogP contribution in [0.1, 0.15) is 31.9 Å². The van der Waals surface area contributed by atoms with E-state index in [4.69, 9.17) is 0 Å². The van der Waals surface area contributed by atoms with Crippen LogP contribution < -0.4 is 0 Å². The van der Waals surface area contributed by atoms with E-state index in [1.165, 1.54) is 16.5 Å². The lowest BCUT2D eigenvalue weighted by Crippen LogP contribution is -1.85. The third-order valence-electron chi connectivity index (χ3n) is 2.30. The molecule has 0 aliphatic carbocycles. The zero-order chi connectivity index (χ0) is 11.3. The minimum atomic E-state index is 1.05. The molecule has 15 heavy (non-hydrogen) atoms. The highest BCUT2D eigenvalue weighted by molar-refractivity contribution is 5.79. The van der Waals surface area contributed by atoms with Crippen LogP contribution in [0.25, 0.3) is 10.9 Å². The molecule has 2 rings (SSSR count). The SMILES string of the molecule is CC.CCc1cnc2ccc(C)cc2c1. The quantitative estimate of drug-likeness (QED) is 0.676. The maximum atomic E-state index is 4.39. The first-order valence-corrected chi connectivity index (χ1v) is 5.65. The summed E-state index contributed by atoms with van der Waals surface area (Å²) in [5, 5.41) is 1.25. The predicted octanol–water partition coefficient (Wildman–Crippen LogP) is 4.13. The molecule has 1 heterocycles. The normalized spacial score (nSPS) is 9.60. The number of pyridine rings is 1. The molecule has 2 aromatic rings. The maximum Gasteiger partial charge on any atom is 0.0702 e. The number of hydrogen-bond acceptors (Lipinski definition) is 1. The summed E-state index contributed by atoms with van der Waals surface area (Å²) in [5.41, 5.74) is 3.68. The van der Waals surface area contributed by atoms with E-state index in [1.54, 1.807) is 0 Å². The Bertz CT molecular complexity index is 432. The highest BCUT2D eigenvalue weighted by Crippen LogP contribution is 2.15. The van der Waals surface area contributed by atoms with Gasteiger partial charge in [-0.05, 0) is 37.1 Å². The molecule has 0 bridgehead atoms. The van der Waals surface area contributed by atoms with Gasteiger partial charge in [-0.1, -0.05) is 32.4 Å². The van der Waals surface area contributed by atoms with E-state index < -0.39 is 0 Å². The third kappa shape index (κ3) is 2.79. The lowest BCUT2D eigenvalue weighted by molar-refractivity contribution is 1.12. The molecule has 1 aromatic heterocycles. The summed E-state index contributed by atoms with van der Waals surface area (Å²) >= 11 is 0. The molecule has 0 atom stereocenters. The first-order valence-electron chi connectivity index (χ1n) is 5.65. The Hall–Kier alpha value is -1.37. The van der Waals surface area contributed by atoms with Gasteiger partial charge in [0.05, 0.1) is 5.52 Å². The van der Waals surface area contributed by atoms with Gasteiger partial charge < -0.3 is 0 Å². The molecule has 1 nitrogen and oxygen atoms in total. The first-order chi connectivity index (χ1) is 7.29. The second-order valence-corrected chi connectivity index (χ2v) is 3.39. The maximum absolute atomic E-state index is 4.39. The van der Waals surface area contributed by atoms with Gasteiger partial charge in [0.2, 0.25) is 0 Å². The number of aryl methyl sites for hydroxylation is 2. The molecule has 1 aromatic carbocycles. The molecule has 0 N–H and O–H groups in total. The van der Waals surface area contributed by atoms with Crippen molar-refractivity contribution in [2.75, 3.05) is 0 Å². The van der Waals surface area contributed by atoms with Gasteiger partial charge >= 0.3 is 0 Å². The molecular weight excluding hydrogens is 182 g/mol. The zero-order valence-corrected chi connectivity index (χ0v) is 10.0. The summed E-state index contributed by atoms with van der Waals surface area (Å²) in [4.78, 5) is 4.39. The summed E-state index contributed by atoms with van der Waals surface area (Å²) in [6.45, 7) is 8.26. The third-order valence-corrected chi connectivity index (χ3v) is 2.30. The summed E-state index contributed by atoms with van der Waals surface area (Å²) < 4.78 is 0. The molecule has 80 valence electrons. The Kier molecular flexibility index (Phi) is 4.29. The number of nitrogens with zero attached hydrogens (tertiary/aromatic N) is 1. The van der Waals surface area contributed by atoms with Crippen LogP contribution in [-0.4, -0.2) is 4.98 Å². The van der Waals surface area contributed by atoms with Crippen LogP contribution in [0.5, 0.6) is 0 Å². The summed E-state index contributed by atoms with van der Waals surface area (Å²) in [6.07, 6.45) is 3.01. The number of benzene rings is 1. The number of hydrogen-bond donors (Lipinski definition) is 0. The Balaban J connectivity index is 0.000000531. The van der Waals surface area contributed by atoms with Crippen LogP contribution in [0.2, 0.25) is 0 Å². The second-order valence-electron chi connectivity index (χ2n) is 3.39. The zero-order valence-electron chi connectivity index (χ0n) is 10.0. The predicted molar refractivity (Wildman–Crippen MR) is 67.2 cm³/mol. The van der Waals surface area contributed by atoms with Crippen LogP contribution in [-0.2, 0) is 6.42 Å². The van der Waals surface area contributed by atoms with Gasteiger partial charge in [0.25, 0.3) is 0 Å². The molecule has 0 spiro atoms. The summed E-state index contributed by atoms with van der Waals surface area (Å²) in [7, 11) is 0. The topological polar surface area (TPSA) is 12.9 Å². The number of fused-ring (bicyclic) bond motifs is 1. The molecule has 0 amide bonds. The van der Waals surface area contributed by atoms with Crippen molar-refractivity contribution in [3.05, 3.63) is 41.6 Å². The van der Waals surface area contributed by atoms with Crippen LogP contribution in [0.15, 0.2) is 30.5 Å². The largest absolute Gasteiger partial charge is 0.256 e. The van der Waals surface area contributed by atoms with Gasteiger partial charge in [-0.15, -0.1) is 0 Å². The van der Waals surface area contributed by atoms with Crippen LogP contribution in [0, 0.1) is 6.92 Å². The van der Waals surface area contributed by atoms with E-state index in [-0.39, 0.29) is 0 Å². The van der Waals surface area contributed by atoms with E-state index in [9.17, 15) is 0 Å². The average Bonchev–Trinajstić information content (AvgIpc) is 2.30. The fourth-order valence-electron chi connectivity index (χ4n) is 1.49. The molecule has 0 unspecified atom stereocenters. The van der Waals surface area contributed by atoms with Crippen molar-refractivity contribution in [1.82, 2.24) is 4.98 Å². The van der Waals surface area contributed by atoms with Crippen molar-refractivity contribution in [2.45, 2.75) is 34.1 Å². The van der Waals surface area contributed by atoms with Crippen molar-refractivity contribution >= 4 is 10.9 Å². The smallest absolute Gasteiger partial charge is 0.0702 e. The standard InChI is InChI=1S/C12H13N.C2H6/c1-3-10-7-11-6-9(2)4-5-12(11)13-8-10;1-2/h4-8H,3H2,1-2H3;1-2H3. The van der Waals surface area contributed by atoms with Crippen molar-refractivity contribution in [1.29, 1.82) is 0 Å². The Morgan fingerprint density at radius 3 is 2.53 bits per heavy atom. The molecule has 0 saturated heterocycles. The van der Waals surface area contributed by atoms with E-state index in [1.807, 2.05) is 20.0 Å². The molecular formula is C14H19N. The number of rotatable bonds is 1. The molecule has 0 aliphatic heterocycles. The second kappa shape index (κ2) is 5.50. The van der Waals surface area contributed by atoms with Crippen molar-refractivity contribution in [3.63, 3.8) is 0 Å². The van der Waals surface area contributed by atoms with Gasteiger partial charge in [-0.2, -0.15) is 0 Å². The average molecular weight is 201 g/mol.